The Morgan fingerprint density at radius 1 is 1.14 bits per heavy atom. The van der Waals surface area contributed by atoms with Crippen LogP contribution in [0.4, 0.5) is 10.1 Å². The van der Waals surface area contributed by atoms with Crippen LogP contribution < -0.4 is 5.32 Å². The Morgan fingerprint density at radius 2 is 1.91 bits per heavy atom. The van der Waals surface area contributed by atoms with E-state index in [4.69, 9.17) is 0 Å². The van der Waals surface area contributed by atoms with Gasteiger partial charge in [-0.05, 0) is 53.9 Å². The van der Waals surface area contributed by atoms with E-state index < -0.39 is 0 Å². The molecule has 0 fully saturated rings. The number of anilines is 1. The number of hydrogen-bond donors (Lipinski definition) is 2. The minimum Gasteiger partial charge on any atom is -0.508 e. The highest BCUT2D eigenvalue weighted by Crippen LogP contribution is 2.18. The number of carbonyl (C=O) groups excluding carboxylic acids is 1. The lowest BCUT2D eigenvalue weighted by molar-refractivity contribution is -0.116. The third-order valence-corrected chi connectivity index (χ3v) is 3.47. The molecule has 0 spiro atoms. The molecule has 2 N–H and O–H groups in total. The summed E-state index contributed by atoms with van der Waals surface area (Å²) in [5, 5.41) is 12.9. The molecular formula is C17H15FN2O2. The van der Waals surface area contributed by atoms with Gasteiger partial charge in [0, 0.05) is 24.8 Å². The number of benzene rings is 2. The number of amides is 1. The first kappa shape index (κ1) is 14.1. The second-order valence-electron chi connectivity index (χ2n) is 5.06. The molecular weight excluding hydrogens is 283 g/mol. The average molecular weight is 298 g/mol. The summed E-state index contributed by atoms with van der Waals surface area (Å²) in [5.41, 5.74) is 1.41. The third-order valence-electron chi connectivity index (χ3n) is 3.47. The standard InChI is InChI=1S/C17H15FN2O2/c18-13-2-1-12-7-9-20(16(12)11-13)10-8-17(22)19-14-3-5-15(21)6-4-14/h1-7,9,11,21H,8,10H2,(H,19,22). The molecule has 2 aromatic carbocycles. The summed E-state index contributed by atoms with van der Waals surface area (Å²) in [4.78, 5) is 11.9. The second-order valence-corrected chi connectivity index (χ2v) is 5.06. The van der Waals surface area contributed by atoms with E-state index in [0.29, 0.717) is 12.2 Å². The number of hydrogen-bond acceptors (Lipinski definition) is 2. The molecule has 0 aliphatic heterocycles. The van der Waals surface area contributed by atoms with E-state index in [1.54, 1.807) is 18.2 Å². The Labute approximate surface area is 126 Å². The van der Waals surface area contributed by atoms with Crippen molar-refractivity contribution in [2.75, 3.05) is 5.32 Å². The van der Waals surface area contributed by atoms with Crippen LogP contribution in [0.1, 0.15) is 6.42 Å². The van der Waals surface area contributed by atoms with Gasteiger partial charge < -0.3 is 15.0 Å². The lowest BCUT2D eigenvalue weighted by Crippen LogP contribution is -2.14. The third kappa shape index (κ3) is 3.09. The van der Waals surface area contributed by atoms with Gasteiger partial charge in [0.1, 0.15) is 11.6 Å². The van der Waals surface area contributed by atoms with Crippen molar-refractivity contribution in [3.8, 4) is 5.75 Å². The molecule has 0 aliphatic rings. The molecule has 1 aromatic heterocycles. The molecule has 1 heterocycles. The first-order valence-electron chi connectivity index (χ1n) is 6.95. The van der Waals surface area contributed by atoms with E-state index >= 15 is 0 Å². The van der Waals surface area contributed by atoms with Crippen LogP contribution in [0.15, 0.2) is 54.7 Å². The van der Waals surface area contributed by atoms with Crippen LogP contribution in [-0.4, -0.2) is 15.6 Å². The first-order chi connectivity index (χ1) is 10.6. The quantitative estimate of drug-likeness (QED) is 0.724. The molecule has 0 unspecified atom stereocenters. The molecule has 3 rings (SSSR count). The van der Waals surface area contributed by atoms with Crippen LogP contribution in [0.2, 0.25) is 0 Å². The van der Waals surface area contributed by atoms with Crippen molar-refractivity contribution in [3.63, 3.8) is 0 Å². The average Bonchev–Trinajstić information content (AvgIpc) is 2.90. The van der Waals surface area contributed by atoms with Gasteiger partial charge in [-0.3, -0.25) is 4.79 Å². The lowest BCUT2D eigenvalue weighted by Gasteiger charge is -2.07. The highest BCUT2D eigenvalue weighted by atomic mass is 19.1. The summed E-state index contributed by atoms with van der Waals surface area (Å²) in [7, 11) is 0. The molecule has 4 nitrogen and oxygen atoms in total. The van der Waals surface area contributed by atoms with E-state index in [0.717, 1.165) is 10.9 Å². The SMILES string of the molecule is O=C(CCn1ccc2ccc(F)cc21)Nc1ccc(O)cc1. The number of aromatic nitrogens is 1. The predicted octanol–water partition coefficient (Wildman–Crippen LogP) is 3.51. The number of nitrogens with zero attached hydrogens (tertiary/aromatic N) is 1. The van der Waals surface area contributed by atoms with Crippen molar-refractivity contribution in [1.29, 1.82) is 0 Å². The molecule has 0 radical (unpaired) electrons. The molecule has 1 amide bonds. The maximum atomic E-state index is 13.3. The maximum absolute atomic E-state index is 13.3. The molecule has 0 bridgehead atoms. The predicted molar refractivity (Wildman–Crippen MR) is 83.2 cm³/mol. The molecule has 5 heteroatoms. The summed E-state index contributed by atoms with van der Waals surface area (Å²) in [6, 6.07) is 12.8. The van der Waals surface area contributed by atoms with Crippen LogP contribution in [-0.2, 0) is 11.3 Å². The van der Waals surface area contributed by atoms with Gasteiger partial charge in [0.05, 0.1) is 5.52 Å². The summed E-state index contributed by atoms with van der Waals surface area (Å²) < 4.78 is 15.2. The largest absolute Gasteiger partial charge is 0.508 e. The number of phenolic OH excluding ortho intramolecular Hbond substituents is 1. The molecule has 0 saturated heterocycles. The normalized spacial score (nSPS) is 10.8. The van der Waals surface area contributed by atoms with Crippen molar-refractivity contribution in [2.45, 2.75) is 13.0 Å². The number of aryl methyl sites for hydroxylation is 1. The van der Waals surface area contributed by atoms with Gasteiger partial charge in [-0.25, -0.2) is 4.39 Å². The molecule has 112 valence electrons. The number of halogens is 1. The van der Waals surface area contributed by atoms with Crippen LogP contribution in [0, 0.1) is 5.82 Å². The first-order valence-corrected chi connectivity index (χ1v) is 6.95. The van der Waals surface area contributed by atoms with Crippen LogP contribution in [0.3, 0.4) is 0 Å². The van der Waals surface area contributed by atoms with Crippen molar-refractivity contribution in [2.24, 2.45) is 0 Å². The van der Waals surface area contributed by atoms with Crippen LogP contribution >= 0.6 is 0 Å². The Hall–Kier alpha value is -2.82. The highest BCUT2D eigenvalue weighted by Gasteiger charge is 2.06. The van der Waals surface area contributed by atoms with E-state index in [9.17, 15) is 14.3 Å². The summed E-state index contributed by atoms with van der Waals surface area (Å²) in [5.74, 6) is -0.274. The van der Waals surface area contributed by atoms with Crippen molar-refractivity contribution in [1.82, 2.24) is 4.57 Å². The van der Waals surface area contributed by atoms with Gasteiger partial charge in [-0.1, -0.05) is 0 Å². The highest BCUT2D eigenvalue weighted by molar-refractivity contribution is 5.90. The molecule has 0 saturated carbocycles. The Kier molecular flexibility index (Phi) is 3.78. The fraction of sp³-hybridized carbons (Fsp3) is 0.118. The topological polar surface area (TPSA) is 54.3 Å². The molecule has 3 aromatic rings. The number of rotatable bonds is 4. The zero-order valence-electron chi connectivity index (χ0n) is 11.8. The van der Waals surface area contributed by atoms with Crippen molar-refractivity contribution < 1.29 is 14.3 Å². The minimum absolute atomic E-state index is 0.135. The van der Waals surface area contributed by atoms with Gasteiger partial charge in [0.15, 0.2) is 0 Å². The van der Waals surface area contributed by atoms with E-state index in [1.165, 1.54) is 24.3 Å². The van der Waals surface area contributed by atoms with E-state index in [-0.39, 0.29) is 23.9 Å². The number of nitrogens with one attached hydrogen (secondary N) is 1. The van der Waals surface area contributed by atoms with E-state index in [1.807, 2.05) is 16.8 Å². The van der Waals surface area contributed by atoms with Crippen LogP contribution in [0.5, 0.6) is 5.75 Å². The summed E-state index contributed by atoms with van der Waals surface area (Å²) in [6.07, 6.45) is 2.12. The Morgan fingerprint density at radius 3 is 2.68 bits per heavy atom. The summed E-state index contributed by atoms with van der Waals surface area (Å²) >= 11 is 0. The molecule has 0 atom stereocenters. The smallest absolute Gasteiger partial charge is 0.226 e. The molecule has 22 heavy (non-hydrogen) atoms. The zero-order chi connectivity index (χ0) is 15.5. The monoisotopic (exact) mass is 298 g/mol. The van der Waals surface area contributed by atoms with E-state index in [2.05, 4.69) is 5.32 Å². The van der Waals surface area contributed by atoms with Gasteiger partial charge in [0.25, 0.3) is 0 Å². The maximum Gasteiger partial charge on any atom is 0.226 e. The lowest BCUT2D eigenvalue weighted by atomic mass is 10.2. The van der Waals surface area contributed by atoms with Crippen LogP contribution in [0.25, 0.3) is 10.9 Å². The van der Waals surface area contributed by atoms with Gasteiger partial charge in [-0.15, -0.1) is 0 Å². The van der Waals surface area contributed by atoms with Gasteiger partial charge >= 0.3 is 0 Å². The van der Waals surface area contributed by atoms with Crippen molar-refractivity contribution in [3.05, 3.63) is 60.5 Å². The zero-order valence-corrected chi connectivity index (χ0v) is 11.8. The number of aromatic hydroxyl groups is 1. The number of phenols is 1. The molecule has 0 aliphatic carbocycles. The Bertz CT molecular complexity index is 809. The second kappa shape index (κ2) is 5.89. The van der Waals surface area contributed by atoms with Gasteiger partial charge in [0.2, 0.25) is 5.91 Å². The fourth-order valence-electron chi connectivity index (χ4n) is 2.34. The van der Waals surface area contributed by atoms with Gasteiger partial charge in [-0.2, -0.15) is 0 Å². The summed E-state index contributed by atoms with van der Waals surface area (Å²) in [6.45, 7) is 0.469. The van der Waals surface area contributed by atoms with Crippen molar-refractivity contribution >= 4 is 22.5 Å². The number of fused-ring (bicyclic) bond motifs is 1. The Balaban J connectivity index is 1.64. The minimum atomic E-state index is -0.291. The fourth-order valence-corrected chi connectivity index (χ4v) is 2.34. The number of carbonyl (C=O) groups is 1.